The Morgan fingerprint density at radius 2 is 1.00 bits per heavy atom. The first-order valence-corrected chi connectivity index (χ1v) is 6.08. The molecule has 0 N–H and O–H groups in total. The fraction of sp³-hybridized carbons (Fsp3) is 0.133. The number of rotatable bonds is 2. The van der Waals surface area contributed by atoms with Gasteiger partial charge in [0.2, 0.25) is 0 Å². The third kappa shape index (κ3) is 2.56. The summed E-state index contributed by atoms with van der Waals surface area (Å²) in [4.78, 5) is 0. The maximum atomic E-state index is 3.36. The minimum absolute atomic E-state index is 1.18. The number of benzene rings is 2. The molecule has 0 spiro atoms. The number of aryl methyl sites for hydroxylation is 2. The summed E-state index contributed by atoms with van der Waals surface area (Å²) >= 11 is 3.36. The van der Waals surface area contributed by atoms with E-state index in [1.807, 2.05) is 0 Å². The van der Waals surface area contributed by atoms with Gasteiger partial charge in [-0.3, -0.25) is 0 Å². The normalized spacial score (nSPS) is 10.2. The maximum absolute atomic E-state index is 3.36. The van der Waals surface area contributed by atoms with Crippen LogP contribution in [0, 0.1) is 13.8 Å². The molecule has 0 atom stereocenters. The Labute approximate surface area is 107 Å². The summed E-state index contributed by atoms with van der Waals surface area (Å²) in [5.74, 6) is 0. The summed E-state index contributed by atoms with van der Waals surface area (Å²) in [5, 5.41) is 0. The minimum atomic E-state index is 1.18. The van der Waals surface area contributed by atoms with Crippen LogP contribution in [0.4, 0.5) is 0 Å². The zero-order valence-corrected chi connectivity index (χ0v) is 11.0. The summed E-state index contributed by atoms with van der Waals surface area (Å²) in [5.41, 5.74) is 5.05. The zero-order chi connectivity index (χ0) is 11.5. The van der Waals surface area contributed by atoms with Crippen molar-refractivity contribution in [3.05, 3.63) is 70.8 Å². The van der Waals surface area contributed by atoms with Crippen LogP contribution >= 0.6 is 0 Å². The van der Waals surface area contributed by atoms with E-state index in [0.29, 0.717) is 0 Å². The molecule has 0 fully saturated rings. The van der Waals surface area contributed by atoms with Crippen molar-refractivity contribution in [3.8, 4) is 0 Å². The standard InChI is InChI=1S/C15H14.Pd/c1-12-3-7-14(8-4-12)11-15-9-5-13(2)6-10-15;/h3-10H,1-2H3;. The van der Waals surface area contributed by atoms with Crippen molar-refractivity contribution in [2.75, 3.05) is 0 Å². The second kappa shape index (κ2) is 4.87. The Kier molecular flexibility index (Phi) is 3.49. The van der Waals surface area contributed by atoms with Gasteiger partial charge in [-0.1, -0.05) is 0 Å². The van der Waals surface area contributed by atoms with Gasteiger partial charge >= 0.3 is 107 Å². The fourth-order valence-electron chi connectivity index (χ4n) is 1.55. The monoisotopic (exact) mass is 300 g/mol. The van der Waals surface area contributed by atoms with Crippen molar-refractivity contribution >= 4 is 3.98 Å². The third-order valence-electron chi connectivity index (χ3n) is 2.57. The van der Waals surface area contributed by atoms with Crippen LogP contribution in [-0.2, 0) is 18.7 Å². The third-order valence-corrected chi connectivity index (χ3v) is 3.47. The molecule has 0 aliphatic rings. The Bertz CT molecular complexity index is 444. The van der Waals surface area contributed by atoms with Crippen LogP contribution in [0.5, 0.6) is 0 Å². The topological polar surface area (TPSA) is 0 Å². The molecule has 0 nitrogen and oxygen atoms in total. The molecule has 1 heteroatoms. The predicted octanol–water partition coefficient (Wildman–Crippen LogP) is 3.42. The second-order valence-electron chi connectivity index (χ2n) is 4.02. The van der Waals surface area contributed by atoms with Crippen molar-refractivity contribution in [3.63, 3.8) is 0 Å². The first-order chi connectivity index (χ1) is 7.66. The van der Waals surface area contributed by atoms with Gasteiger partial charge < -0.3 is 0 Å². The van der Waals surface area contributed by atoms with Crippen LogP contribution in [-0.4, -0.2) is 3.98 Å². The van der Waals surface area contributed by atoms with Gasteiger partial charge in [0, 0.05) is 0 Å². The van der Waals surface area contributed by atoms with Crippen LogP contribution in [0.1, 0.15) is 22.3 Å². The molecule has 2 aromatic rings. The Balaban J connectivity index is 2.32. The van der Waals surface area contributed by atoms with Gasteiger partial charge in [0.05, 0.1) is 0 Å². The summed E-state index contributed by atoms with van der Waals surface area (Å²) in [6.45, 7) is 4.21. The molecule has 2 rings (SSSR count). The van der Waals surface area contributed by atoms with E-state index in [2.05, 4.69) is 81.1 Å². The Hall–Kier alpha value is -1.03. The predicted molar refractivity (Wildman–Crippen MR) is 65.6 cm³/mol. The molecule has 0 aliphatic heterocycles. The first kappa shape index (κ1) is 11.5. The SMILES string of the molecule is Cc1ccc([C](=[Pd])c2ccc(C)cc2)cc1. The van der Waals surface area contributed by atoms with Crippen LogP contribution < -0.4 is 0 Å². The average Bonchev–Trinajstić information content (AvgIpc) is 2.30. The van der Waals surface area contributed by atoms with Gasteiger partial charge in [0.1, 0.15) is 0 Å². The molecule has 0 radical (unpaired) electrons. The average molecular weight is 301 g/mol. The van der Waals surface area contributed by atoms with Crippen LogP contribution in [0.15, 0.2) is 48.5 Å². The summed E-state index contributed by atoms with van der Waals surface area (Å²) in [6.07, 6.45) is 0. The molecule has 0 saturated carbocycles. The fourth-order valence-corrected chi connectivity index (χ4v) is 2.06. The van der Waals surface area contributed by atoms with Crippen LogP contribution in [0.25, 0.3) is 0 Å². The zero-order valence-electron chi connectivity index (χ0n) is 9.44. The molecule has 0 heterocycles. The Morgan fingerprint density at radius 3 is 1.31 bits per heavy atom. The van der Waals surface area contributed by atoms with E-state index in [-0.39, 0.29) is 0 Å². The van der Waals surface area contributed by atoms with E-state index >= 15 is 0 Å². The molecular weight excluding hydrogens is 287 g/mol. The molecule has 0 aliphatic carbocycles. The van der Waals surface area contributed by atoms with Crippen molar-refractivity contribution < 1.29 is 18.7 Å². The molecule has 0 unspecified atom stereocenters. The molecule has 0 amide bonds. The van der Waals surface area contributed by atoms with E-state index < -0.39 is 0 Å². The van der Waals surface area contributed by atoms with E-state index in [1.165, 1.54) is 26.2 Å². The van der Waals surface area contributed by atoms with Crippen molar-refractivity contribution in [1.29, 1.82) is 0 Å². The molecule has 2 aromatic carbocycles. The van der Waals surface area contributed by atoms with E-state index in [9.17, 15) is 0 Å². The Morgan fingerprint density at radius 1 is 0.688 bits per heavy atom. The van der Waals surface area contributed by atoms with Gasteiger partial charge in [0.25, 0.3) is 0 Å². The molecule has 16 heavy (non-hydrogen) atoms. The molecule has 0 bridgehead atoms. The summed E-state index contributed by atoms with van der Waals surface area (Å²) < 4.78 is 1.18. The van der Waals surface area contributed by atoms with E-state index in [4.69, 9.17) is 0 Å². The quantitative estimate of drug-likeness (QED) is 0.746. The van der Waals surface area contributed by atoms with Gasteiger partial charge in [0.15, 0.2) is 0 Å². The van der Waals surface area contributed by atoms with Gasteiger partial charge in [-0.15, -0.1) is 0 Å². The molecule has 84 valence electrons. The number of hydrogen-bond donors (Lipinski definition) is 0. The molecule has 0 aromatic heterocycles. The molecular formula is C15H14Pd. The van der Waals surface area contributed by atoms with E-state index in [0.717, 1.165) is 0 Å². The number of hydrogen-bond acceptors (Lipinski definition) is 0. The molecule has 0 saturated heterocycles. The summed E-state index contributed by atoms with van der Waals surface area (Å²) in [6, 6.07) is 17.1. The van der Waals surface area contributed by atoms with E-state index in [1.54, 1.807) is 0 Å². The van der Waals surface area contributed by atoms with Crippen LogP contribution in [0.3, 0.4) is 0 Å². The van der Waals surface area contributed by atoms with Gasteiger partial charge in [-0.05, 0) is 0 Å². The van der Waals surface area contributed by atoms with Crippen molar-refractivity contribution in [2.24, 2.45) is 0 Å². The summed E-state index contributed by atoms with van der Waals surface area (Å²) in [7, 11) is 0. The van der Waals surface area contributed by atoms with Gasteiger partial charge in [-0.2, -0.15) is 0 Å². The van der Waals surface area contributed by atoms with Crippen molar-refractivity contribution in [2.45, 2.75) is 13.8 Å². The first-order valence-electron chi connectivity index (χ1n) is 5.30. The van der Waals surface area contributed by atoms with Gasteiger partial charge in [-0.25, -0.2) is 0 Å². The second-order valence-corrected chi connectivity index (χ2v) is 4.79. The van der Waals surface area contributed by atoms with Crippen LogP contribution in [0.2, 0.25) is 0 Å². The van der Waals surface area contributed by atoms with Crippen molar-refractivity contribution in [1.82, 2.24) is 0 Å².